The van der Waals surface area contributed by atoms with Crippen molar-refractivity contribution in [3.8, 4) is 5.75 Å². The summed E-state index contributed by atoms with van der Waals surface area (Å²) >= 11 is 0. The molecule has 0 spiro atoms. The number of rotatable bonds is 5. The zero-order valence-corrected chi connectivity index (χ0v) is 13.0. The van der Waals surface area contributed by atoms with E-state index in [2.05, 4.69) is 0 Å². The topological polar surface area (TPSA) is 72.5 Å². The lowest BCUT2D eigenvalue weighted by molar-refractivity contribution is -0.146. The fourth-order valence-electron chi connectivity index (χ4n) is 1.86. The molecule has 4 heteroatoms. The summed E-state index contributed by atoms with van der Waals surface area (Å²) in [7, 11) is 0. The molecule has 2 aromatic rings. The molecule has 0 aliphatic rings. The predicted molar refractivity (Wildman–Crippen MR) is 94.1 cm³/mol. The number of nitrogens with two attached hydrogens (primary N) is 1. The summed E-state index contributed by atoms with van der Waals surface area (Å²) in [6.07, 6.45) is 0.335. The molecule has 3 N–H and O–H groups in total. The van der Waals surface area contributed by atoms with Crippen molar-refractivity contribution in [2.45, 2.75) is 40.3 Å². The monoisotopic (exact) mass is 317 g/mol. The van der Waals surface area contributed by atoms with E-state index in [4.69, 9.17) is 10.5 Å². The van der Waals surface area contributed by atoms with Crippen molar-refractivity contribution in [3.05, 3.63) is 65.7 Å². The summed E-state index contributed by atoms with van der Waals surface area (Å²) in [4.78, 5) is 11.8. The second-order valence-electron chi connectivity index (χ2n) is 4.57. The molecule has 126 valence electrons. The number of phenolic OH excluding ortho intramolecular Hbond substituents is 1. The number of carbonyl (C=O) groups is 1. The Kier molecular flexibility index (Phi) is 10.1. The first-order valence-electron chi connectivity index (χ1n) is 7.39. The standard InChI is InChI=1S/C16H17NO3.C2H6.CH4/c17-15(10-13-7-4-8-14(18)9-13)16(19)20-11-12-5-2-1-3-6-12;1-2;/h1-9,15,18H,10-11,17H2;1-2H3;1H4. The number of hydrogen-bond donors (Lipinski definition) is 2. The maximum absolute atomic E-state index is 11.8. The largest absolute Gasteiger partial charge is 0.508 e. The lowest BCUT2D eigenvalue weighted by atomic mass is 10.1. The summed E-state index contributed by atoms with van der Waals surface area (Å²) in [5.74, 6) is -0.287. The number of benzene rings is 2. The van der Waals surface area contributed by atoms with E-state index in [0.717, 1.165) is 11.1 Å². The fraction of sp³-hybridized carbons (Fsp3) is 0.316. The number of phenols is 1. The third-order valence-corrected chi connectivity index (χ3v) is 2.89. The third-order valence-electron chi connectivity index (χ3n) is 2.89. The van der Waals surface area contributed by atoms with Gasteiger partial charge in [0.2, 0.25) is 0 Å². The number of hydrogen-bond acceptors (Lipinski definition) is 4. The Labute approximate surface area is 138 Å². The van der Waals surface area contributed by atoms with E-state index in [1.165, 1.54) is 0 Å². The molecule has 0 fully saturated rings. The van der Waals surface area contributed by atoms with Crippen molar-refractivity contribution in [3.63, 3.8) is 0 Å². The zero-order chi connectivity index (χ0) is 16.4. The number of esters is 1. The van der Waals surface area contributed by atoms with Crippen molar-refractivity contribution in [1.29, 1.82) is 0 Å². The average molecular weight is 317 g/mol. The highest BCUT2D eigenvalue weighted by Crippen LogP contribution is 2.12. The van der Waals surface area contributed by atoms with Crippen LogP contribution in [0.3, 0.4) is 0 Å². The Balaban J connectivity index is 0.00000155. The zero-order valence-electron chi connectivity index (χ0n) is 13.0. The summed E-state index contributed by atoms with van der Waals surface area (Å²) in [6, 6.07) is 15.4. The second kappa shape index (κ2) is 11.3. The van der Waals surface area contributed by atoms with Crippen LogP contribution in [0, 0.1) is 0 Å². The molecule has 0 aromatic heterocycles. The molecule has 2 aromatic carbocycles. The first-order valence-corrected chi connectivity index (χ1v) is 7.39. The molecular weight excluding hydrogens is 290 g/mol. The normalized spacial score (nSPS) is 10.6. The maximum atomic E-state index is 11.8. The van der Waals surface area contributed by atoms with Gasteiger partial charge in [-0.25, -0.2) is 0 Å². The van der Waals surface area contributed by atoms with Crippen LogP contribution in [-0.2, 0) is 22.6 Å². The van der Waals surface area contributed by atoms with Gasteiger partial charge in [-0.3, -0.25) is 4.79 Å². The van der Waals surface area contributed by atoms with Gasteiger partial charge in [0.25, 0.3) is 0 Å². The molecule has 0 bridgehead atoms. The SMILES string of the molecule is C.CC.NC(Cc1cccc(O)c1)C(=O)OCc1ccccc1. The van der Waals surface area contributed by atoms with Gasteiger partial charge in [-0.15, -0.1) is 0 Å². The molecule has 4 nitrogen and oxygen atoms in total. The molecule has 0 aliphatic carbocycles. The highest BCUT2D eigenvalue weighted by atomic mass is 16.5. The molecular formula is C19H27NO3. The molecule has 0 heterocycles. The molecule has 23 heavy (non-hydrogen) atoms. The van der Waals surface area contributed by atoms with Gasteiger partial charge in [-0.1, -0.05) is 63.7 Å². The Morgan fingerprint density at radius 1 is 1.09 bits per heavy atom. The van der Waals surface area contributed by atoms with Crippen LogP contribution >= 0.6 is 0 Å². The molecule has 0 radical (unpaired) electrons. The highest BCUT2D eigenvalue weighted by Gasteiger charge is 2.15. The summed E-state index contributed by atoms with van der Waals surface area (Å²) in [5, 5.41) is 9.36. The van der Waals surface area contributed by atoms with Crippen molar-refractivity contribution in [2.24, 2.45) is 5.73 Å². The number of aromatic hydroxyl groups is 1. The van der Waals surface area contributed by atoms with Gasteiger partial charge in [-0.2, -0.15) is 0 Å². The maximum Gasteiger partial charge on any atom is 0.323 e. The van der Waals surface area contributed by atoms with E-state index in [-0.39, 0.29) is 19.8 Å². The third kappa shape index (κ3) is 7.47. The van der Waals surface area contributed by atoms with Crippen LogP contribution in [0.1, 0.15) is 32.4 Å². The van der Waals surface area contributed by atoms with Crippen molar-refractivity contribution < 1.29 is 14.6 Å². The number of carbonyl (C=O) groups excluding carboxylic acids is 1. The van der Waals surface area contributed by atoms with Crippen LogP contribution in [0.15, 0.2) is 54.6 Å². The number of ether oxygens (including phenoxy) is 1. The minimum Gasteiger partial charge on any atom is -0.508 e. The van der Waals surface area contributed by atoms with E-state index in [1.807, 2.05) is 50.2 Å². The molecule has 1 unspecified atom stereocenters. The Morgan fingerprint density at radius 3 is 2.30 bits per heavy atom. The lowest BCUT2D eigenvalue weighted by Crippen LogP contribution is -2.34. The predicted octanol–water partition coefficient (Wildman–Crippen LogP) is 3.67. The Hall–Kier alpha value is -2.33. The molecule has 0 saturated carbocycles. The van der Waals surface area contributed by atoms with Gasteiger partial charge >= 0.3 is 5.97 Å². The summed E-state index contributed by atoms with van der Waals surface area (Å²) in [5.41, 5.74) is 7.53. The molecule has 0 aliphatic heterocycles. The quantitative estimate of drug-likeness (QED) is 0.825. The van der Waals surface area contributed by atoms with Gasteiger partial charge in [-0.05, 0) is 29.7 Å². The van der Waals surface area contributed by atoms with E-state index in [1.54, 1.807) is 18.2 Å². The Morgan fingerprint density at radius 2 is 1.70 bits per heavy atom. The van der Waals surface area contributed by atoms with Crippen LogP contribution in [0.2, 0.25) is 0 Å². The van der Waals surface area contributed by atoms with Crippen LogP contribution in [0.25, 0.3) is 0 Å². The Bertz CT molecular complexity index is 570. The first kappa shape index (κ1) is 20.7. The van der Waals surface area contributed by atoms with E-state index >= 15 is 0 Å². The summed E-state index contributed by atoms with van der Waals surface area (Å²) < 4.78 is 5.17. The van der Waals surface area contributed by atoms with Crippen LogP contribution in [0.4, 0.5) is 0 Å². The molecule has 0 saturated heterocycles. The van der Waals surface area contributed by atoms with Gasteiger partial charge in [0.15, 0.2) is 0 Å². The van der Waals surface area contributed by atoms with E-state index < -0.39 is 12.0 Å². The molecule has 2 rings (SSSR count). The van der Waals surface area contributed by atoms with Crippen LogP contribution in [0.5, 0.6) is 5.75 Å². The minimum absolute atomic E-state index is 0. The van der Waals surface area contributed by atoms with Gasteiger partial charge < -0.3 is 15.6 Å². The van der Waals surface area contributed by atoms with Gasteiger partial charge in [0.05, 0.1) is 0 Å². The van der Waals surface area contributed by atoms with Crippen molar-refractivity contribution in [1.82, 2.24) is 0 Å². The van der Waals surface area contributed by atoms with E-state index in [0.29, 0.717) is 6.42 Å². The minimum atomic E-state index is -0.736. The highest BCUT2D eigenvalue weighted by molar-refractivity contribution is 5.75. The molecule has 1 atom stereocenters. The lowest BCUT2D eigenvalue weighted by Gasteiger charge is -2.12. The molecule has 0 amide bonds. The average Bonchev–Trinajstić information content (AvgIpc) is 2.55. The van der Waals surface area contributed by atoms with Gasteiger partial charge in [0, 0.05) is 0 Å². The fourth-order valence-corrected chi connectivity index (χ4v) is 1.86. The van der Waals surface area contributed by atoms with Crippen LogP contribution in [-0.4, -0.2) is 17.1 Å². The van der Waals surface area contributed by atoms with Crippen molar-refractivity contribution >= 4 is 5.97 Å². The second-order valence-corrected chi connectivity index (χ2v) is 4.57. The van der Waals surface area contributed by atoms with Crippen molar-refractivity contribution in [2.75, 3.05) is 0 Å². The van der Waals surface area contributed by atoms with E-state index in [9.17, 15) is 9.90 Å². The first-order chi connectivity index (χ1) is 10.6. The van der Waals surface area contributed by atoms with Gasteiger partial charge in [0.1, 0.15) is 18.4 Å². The van der Waals surface area contributed by atoms with Crippen LogP contribution < -0.4 is 5.73 Å². The smallest absolute Gasteiger partial charge is 0.323 e. The summed E-state index contributed by atoms with van der Waals surface area (Å²) in [6.45, 7) is 4.22.